The summed E-state index contributed by atoms with van der Waals surface area (Å²) >= 11 is 0. The molecular formula is C16H24. The molecule has 0 heteroatoms. The molecule has 16 heavy (non-hydrogen) atoms. The van der Waals surface area contributed by atoms with Crippen LogP contribution in [0.3, 0.4) is 0 Å². The second-order valence-corrected chi connectivity index (χ2v) is 4.32. The fourth-order valence-electron chi connectivity index (χ4n) is 2.51. The number of allylic oxidation sites excluding steroid dienone is 1. The van der Waals surface area contributed by atoms with Crippen LogP contribution >= 0.6 is 0 Å². The van der Waals surface area contributed by atoms with Gasteiger partial charge in [0, 0.05) is 0 Å². The van der Waals surface area contributed by atoms with Crippen LogP contribution in [0.1, 0.15) is 56.2 Å². The van der Waals surface area contributed by atoms with Crippen LogP contribution in [-0.2, 0) is 12.8 Å². The smallest absolute Gasteiger partial charge is 0.0127 e. The van der Waals surface area contributed by atoms with Crippen molar-refractivity contribution in [1.29, 1.82) is 0 Å². The Balaban J connectivity index is 3.14. The van der Waals surface area contributed by atoms with Crippen LogP contribution in [0.15, 0.2) is 30.9 Å². The number of rotatable bonds is 6. The summed E-state index contributed by atoms with van der Waals surface area (Å²) in [4.78, 5) is 0. The quantitative estimate of drug-likeness (QED) is 0.594. The summed E-state index contributed by atoms with van der Waals surface area (Å²) in [7, 11) is 0. The molecule has 0 aliphatic heterocycles. The maximum Gasteiger partial charge on any atom is -0.0127 e. The summed E-state index contributed by atoms with van der Waals surface area (Å²) in [5.41, 5.74) is 4.63. The molecule has 0 amide bonds. The predicted octanol–water partition coefficient (Wildman–Crippen LogP) is 4.88. The van der Waals surface area contributed by atoms with Gasteiger partial charge in [-0.3, -0.25) is 0 Å². The SMILES string of the molecule is C=CCC(CC)c1cccc(CC)c1CC. The molecule has 0 saturated heterocycles. The average Bonchev–Trinajstić information content (AvgIpc) is 2.34. The van der Waals surface area contributed by atoms with E-state index in [0.29, 0.717) is 5.92 Å². The van der Waals surface area contributed by atoms with E-state index in [1.165, 1.54) is 12.0 Å². The van der Waals surface area contributed by atoms with Crippen LogP contribution in [-0.4, -0.2) is 0 Å². The first kappa shape index (κ1) is 13.0. The lowest BCUT2D eigenvalue weighted by atomic mass is 9.86. The third kappa shape index (κ3) is 2.75. The van der Waals surface area contributed by atoms with Gasteiger partial charge in [-0.25, -0.2) is 0 Å². The molecule has 88 valence electrons. The summed E-state index contributed by atoms with van der Waals surface area (Å²) in [5.74, 6) is 0.652. The minimum absolute atomic E-state index is 0.652. The zero-order chi connectivity index (χ0) is 12.0. The number of hydrogen-bond acceptors (Lipinski definition) is 0. The number of benzene rings is 1. The van der Waals surface area contributed by atoms with E-state index >= 15 is 0 Å². The molecule has 0 N–H and O–H groups in total. The second-order valence-electron chi connectivity index (χ2n) is 4.32. The lowest BCUT2D eigenvalue weighted by Gasteiger charge is -2.19. The highest BCUT2D eigenvalue weighted by Gasteiger charge is 2.13. The predicted molar refractivity (Wildman–Crippen MR) is 73.0 cm³/mol. The van der Waals surface area contributed by atoms with E-state index < -0.39 is 0 Å². The first-order chi connectivity index (χ1) is 7.78. The zero-order valence-electron chi connectivity index (χ0n) is 10.9. The van der Waals surface area contributed by atoms with Crippen LogP contribution in [0.2, 0.25) is 0 Å². The molecular weight excluding hydrogens is 192 g/mol. The molecule has 0 aliphatic carbocycles. The molecule has 1 rings (SSSR count). The highest BCUT2D eigenvalue weighted by Crippen LogP contribution is 2.29. The Morgan fingerprint density at radius 1 is 1.19 bits per heavy atom. The zero-order valence-corrected chi connectivity index (χ0v) is 10.9. The summed E-state index contributed by atoms with van der Waals surface area (Å²) in [6, 6.07) is 6.78. The monoisotopic (exact) mass is 216 g/mol. The number of aryl methyl sites for hydroxylation is 1. The van der Waals surface area contributed by atoms with Crippen LogP contribution < -0.4 is 0 Å². The normalized spacial score (nSPS) is 12.4. The van der Waals surface area contributed by atoms with Crippen molar-refractivity contribution in [2.75, 3.05) is 0 Å². The molecule has 1 aromatic carbocycles. The maximum absolute atomic E-state index is 3.87. The van der Waals surface area contributed by atoms with Gasteiger partial charge in [-0.2, -0.15) is 0 Å². The minimum atomic E-state index is 0.652. The third-order valence-corrected chi connectivity index (χ3v) is 3.43. The molecule has 0 saturated carbocycles. The minimum Gasteiger partial charge on any atom is -0.103 e. The second kappa shape index (κ2) is 6.52. The van der Waals surface area contributed by atoms with E-state index in [1.807, 2.05) is 6.08 Å². The van der Waals surface area contributed by atoms with Gasteiger partial charge in [-0.15, -0.1) is 6.58 Å². The van der Waals surface area contributed by atoms with Crippen molar-refractivity contribution in [2.45, 2.75) is 52.4 Å². The Morgan fingerprint density at radius 3 is 2.44 bits per heavy atom. The standard InChI is InChI=1S/C16H24/c1-5-10-13(6-2)16-12-9-11-14(7-3)15(16)8-4/h5,9,11-13H,1,6-8,10H2,2-4H3. The van der Waals surface area contributed by atoms with Crippen molar-refractivity contribution in [3.63, 3.8) is 0 Å². The van der Waals surface area contributed by atoms with Gasteiger partial charge < -0.3 is 0 Å². The van der Waals surface area contributed by atoms with E-state index in [9.17, 15) is 0 Å². The van der Waals surface area contributed by atoms with Gasteiger partial charge in [-0.05, 0) is 48.3 Å². The topological polar surface area (TPSA) is 0 Å². The molecule has 1 aromatic rings. The third-order valence-electron chi connectivity index (χ3n) is 3.43. The van der Waals surface area contributed by atoms with Gasteiger partial charge in [0.25, 0.3) is 0 Å². The summed E-state index contributed by atoms with van der Waals surface area (Å²) in [6.07, 6.45) is 6.63. The fraction of sp³-hybridized carbons (Fsp3) is 0.500. The maximum atomic E-state index is 3.87. The first-order valence-corrected chi connectivity index (χ1v) is 6.49. The molecule has 1 atom stereocenters. The van der Waals surface area contributed by atoms with Crippen molar-refractivity contribution < 1.29 is 0 Å². The Kier molecular flexibility index (Phi) is 5.31. The fourth-order valence-corrected chi connectivity index (χ4v) is 2.51. The molecule has 0 aromatic heterocycles. The van der Waals surface area contributed by atoms with Gasteiger partial charge in [0.15, 0.2) is 0 Å². The van der Waals surface area contributed by atoms with Crippen LogP contribution in [0, 0.1) is 0 Å². The van der Waals surface area contributed by atoms with Gasteiger partial charge in [0.1, 0.15) is 0 Å². The number of hydrogen-bond donors (Lipinski definition) is 0. The molecule has 1 unspecified atom stereocenters. The molecule has 0 aliphatic rings. The van der Waals surface area contributed by atoms with Crippen LogP contribution in [0.25, 0.3) is 0 Å². The molecule has 0 radical (unpaired) electrons. The van der Waals surface area contributed by atoms with Crippen LogP contribution in [0.5, 0.6) is 0 Å². The van der Waals surface area contributed by atoms with Gasteiger partial charge in [0.2, 0.25) is 0 Å². The van der Waals surface area contributed by atoms with Crippen molar-refractivity contribution >= 4 is 0 Å². The molecule has 0 heterocycles. The van der Waals surface area contributed by atoms with E-state index in [-0.39, 0.29) is 0 Å². The summed E-state index contributed by atoms with van der Waals surface area (Å²) in [6.45, 7) is 10.6. The van der Waals surface area contributed by atoms with E-state index in [0.717, 1.165) is 19.3 Å². The largest absolute Gasteiger partial charge is 0.103 e. The van der Waals surface area contributed by atoms with E-state index in [1.54, 1.807) is 11.1 Å². The summed E-state index contributed by atoms with van der Waals surface area (Å²) in [5, 5.41) is 0. The van der Waals surface area contributed by atoms with Crippen molar-refractivity contribution in [1.82, 2.24) is 0 Å². The van der Waals surface area contributed by atoms with Crippen molar-refractivity contribution in [3.05, 3.63) is 47.5 Å². The average molecular weight is 216 g/mol. The Morgan fingerprint density at radius 2 is 1.94 bits per heavy atom. The summed E-state index contributed by atoms with van der Waals surface area (Å²) < 4.78 is 0. The molecule has 0 fully saturated rings. The Bertz CT molecular complexity index is 336. The Hall–Kier alpha value is -1.04. The van der Waals surface area contributed by atoms with E-state index in [4.69, 9.17) is 0 Å². The lowest BCUT2D eigenvalue weighted by molar-refractivity contribution is 0.665. The van der Waals surface area contributed by atoms with Crippen molar-refractivity contribution in [3.8, 4) is 0 Å². The van der Waals surface area contributed by atoms with Gasteiger partial charge in [0.05, 0.1) is 0 Å². The molecule has 0 spiro atoms. The molecule has 0 bridgehead atoms. The molecule has 0 nitrogen and oxygen atoms in total. The van der Waals surface area contributed by atoms with Crippen LogP contribution in [0.4, 0.5) is 0 Å². The Labute approximate surface area is 100 Å². The van der Waals surface area contributed by atoms with Gasteiger partial charge in [-0.1, -0.05) is 45.0 Å². The first-order valence-electron chi connectivity index (χ1n) is 6.49. The lowest BCUT2D eigenvalue weighted by Crippen LogP contribution is -2.03. The highest BCUT2D eigenvalue weighted by atomic mass is 14.2. The van der Waals surface area contributed by atoms with Gasteiger partial charge >= 0.3 is 0 Å². The highest BCUT2D eigenvalue weighted by molar-refractivity contribution is 5.38. The van der Waals surface area contributed by atoms with E-state index in [2.05, 4.69) is 45.5 Å². The van der Waals surface area contributed by atoms with Crippen molar-refractivity contribution in [2.24, 2.45) is 0 Å².